The van der Waals surface area contributed by atoms with Gasteiger partial charge in [0, 0.05) is 22.0 Å². The third-order valence-electron chi connectivity index (χ3n) is 3.78. The molecule has 1 N–H and O–H groups in total. The zero-order chi connectivity index (χ0) is 18.5. The number of anilines is 1. The molecule has 0 unspecified atom stereocenters. The highest BCUT2D eigenvalue weighted by atomic mass is 35.5. The van der Waals surface area contributed by atoms with Crippen molar-refractivity contribution in [2.75, 3.05) is 11.1 Å². The number of hydrogen-bond acceptors (Lipinski definition) is 4. The summed E-state index contributed by atoms with van der Waals surface area (Å²) in [7, 11) is 0. The number of aromatic nitrogens is 2. The zero-order valence-electron chi connectivity index (χ0n) is 14.5. The first-order chi connectivity index (χ1) is 12.5. The Hall–Kier alpha value is -2.37. The average molecular weight is 384 g/mol. The number of aryl methyl sites for hydroxylation is 1. The number of carbonyl (C=O) groups excluding carboxylic acids is 1. The molecule has 0 aliphatic heterocycles. The minimum atomic E-state index is -0.119. The van der Waals surface area contributed by atoms with Gasteiger partial charge in [-0.05, 0) is 37.6 Å². The van der Waals surface area contributed by atoms with E-state index in [1.54, 1.807) is 6.07 Å². The number of carbonyl (C=O) groups is 1. The first-order valence-corrected chi connectivity index (χ1v) is 9.48. The van der Waals surface area contributed by atoms with Crippen molar-refractivity contribution in [1.82, 2.24) is 9.97 Å². The summed E-state index contributed by atoms with van der Waals surface area (Å²) >= 11 is 7.40. The van der Waals surface area contributed by atoms with Gasteiger partial charge in [-0.3, -0.25) is 4.79 Å². The molecule has 1 amide bonds. The van der Waals surface area contributed by atoms with Crippen LogP contribution in [0.5, 0.6) is 0 Å². The Bertz CT molecular complexity index is 932. The largest absolute Gasteiger partial charge is 0.325 e. The molecule has 1 aromatic heterocycles. The van der Waals surface area contributed by atoms with E-state index in [1.165, 1.54) is 11.8 Å². The molecule has 0 fully saturated rings. The number of amides is 1. The van der Waals surface area contributed by atoms with Gasteiger partial charge in [-0.2, -0.15) is 0 Å². The van der Waals surface area contributed by atoms with Crippen LogP contribution in [0.2, 0.25) is 5.02 Å². The van der Waals surface area contributed by atoms with E-state index in [2.05, 4.69) is 15.3 Å². The predicted molar refractivity (Wildman–Crippen MR) is 108 cm³/mol. The van der Waals surface area contributed by atoms with Crippen LogP contribution < -0.4 is 5.32 Å². The normalized spacial score (nSPS) is 10.6. The average Bonchev–Trinajstić information content (AvgIpc) is 2.64. The second-order valence-corrected chi connectivity index (χ2v) is 7.14. The van der Waals surface area contributed by atoms with Crippen LogP contribution in [0.1, 0.15) is 11.3 Å². The Morgan fingerprint density at radius 3 is 2.62 bits per heavy atom. The molecule has 0 saturated carbocycles. The van der Waals surface area contributed by atoms with Crippen LogP contribution in [0.3, 0.4) is 0 Å². The Labute approximate surface area is 162 Å². The van der Waals surface area contributed by atoms with E-state index in [9.17, 15) is 4.79 Å². The lowest BCUT2D eigenvalue weighted by molar-refractivity contribution is -0.113. The van der Waals surface area contributed by atoms with Crippen molar-refractivity contribution in [3.8, 4) is 11.3 Å². The number of hydrogen-bond donors (Lipinski definition) is 1. The van der Waals surface area contributed by atoms with E-state index in [-0.39, 0.29) is 11.7 Å². The molecule has 0 aliphatic carbocycles. The highest BCUT2D eigenvalue weighted by Crippen LogP contribution is 2.24. The summed E-state index contributed by atoms with van der Waals surface area (Å²) < 4.78 is 0. The number of nitrogens with one attached hydrogen (secondary N) is 1. The summed E-state index contributed by atoms with van der Waals surface area (Å²) in [5.41, 5.74) is 4.32. The maximum Gasteiger partial charge on any atom is 0.234 e. The molecule has 4 nitrogen and oxygen atoms in total. The molecule has 132 valence electrons. The van der Waals surface area contributed by atoms with Gasteiger partial charge in [0.15, 0.2) is 5.16 Å². The quantitative estimate of drug-likeness (QED) is 0.489. The van der Waals surface area contributed by atoms with Gasteiger partial charge in [-0.25, -0.2) is 9.97 Å². The third kappa shape index (κ3) is 4.62. The van der Waals surface area contributed by atoms with Crippen molar-refractivity contribution in [2.45, 2.75) is 19.0 Å². The van der Waals surface area contributed by atoms with Crippen molar-refractivity contribution in [2.24, 2.45) is 0 Å². The van der Waals surface area contributed by atoms with Crippen LogP contribution in [0.15, 0.2) is 59.8 Å². The minimum absolute atomic E-state index is 0.119. The second kappa shape index (κ2) is 8.34. The first-order valence-electron chi connectivity index (χ1n) is 8.12. The molecule has 6 heteroatoms. The number of halogens is 1. The summed E-state index contributed by atoms with van der Waals surface area (Å²) in [4.78, 5) is 21.2. The van der Waals surface area contributed by atoms with Crippen molar-refractivity contribution in [3.63, 3.8) is 0 Å². The molecule has 3 rings (SSSR count). The van der Waals surface area contributed by atoms with E-state index in [4.69, 9.17) is 11.6 Å². The second-order valence-electron chi connectivity index (χ2n) is 5.79. The first kappa shape index (κ1) is 18.4. The van der Waals surface area contributed by atoms with Gasteiger partial charge in [0.1, 0.15) is 0 Å². The third-order valence-corrected chi connectivity index (χ3v) is 5.03. The Balaban J connectivity index is 1.69. The van der Waals surface area contributed by atoms with E-state index in [0.717, 1.165) is 28.2 Å². The maximum atomic E-state index is 12.3. The highest BCUT2D eigenvalue weighted by molar-refractivity contribution is 7.99. The summed E-state index contributed by atoms with van der Waals surface area (Å²) in [6.45, 7) is 3.80. The number of rotatable bonds is 5. The van der Waals surface area contributed by atoms with Crippen molar-refractivity contribution in [3.05, 3.63) is 70.9 Å². The van der Waals surface area contributed by atoms with E-state index in [1.807, 2.05) is 62.4 Å². The van der Waals surface area contributed by atoms with Crippen LogP contribution in [-0.2, 0) is 4.79 Å². The molecule has 1 heterocycles. The fourth-order valence-electron chi connectivity index (χ4n) is 2.42. The molecule has 0 saturated heterocycles. The Morgan fingerprint density at radius 2 is 1.85 bits per heavy atom. The molecule has 2 aromatic carbocycles. The number of benzene rings is 2. The molecular weight excluding hydrogens is 366 g/mol. The number of nitrogens with zero attached hydrogens (tertiary/aromatic N) is 2. The van der Waals surface area contributed by atoms with Crippen LogP contribution in [-0.4, -0.2) is 21.6 Å². The molecule has 0 spiro atoms. The molecule has 0 atom stereocenters. The summed E-state index contributed by atoms with van der Waals surface area (Å²) in [5, 5.41) is 4.10. The summed E-state index contributed by atoms with van der Waals surface area (Å²) in [6, 6.07) is 17.3. The van der Waals surface area contributed by atoms with Crippen LogP contribution in [0.25, 0.3) is 11.3 Å². The van der Waals surface area contributed by atoms with Gasteiger partial charge in [0.05, 0.1) is 11.4 Å². The fraction of sp³-hybridized carbons (Fsp3) is 0.150. The number of thioether (sulfide) groups is 1. The summed E-state index contributed by atoms with van der Waals surface area (Å²) in [6.07, 6.45) is 0. The minimum Gasteiger partial charge on any atom is -0.325 e. The Morgan fingerprint density at radius 1 is 1.08 bits per heavy atom. The lowest BCUT2D eigenvalue weighted by Gasteiger charge is -2.09. The van der Waals surface area contributed by atoms with Gasteiger partial charge in [0.2, 0.25) is 5.91 Å². The van der Waals surface area contributed by atoms with Crippen LogP contribution in [0.4, 0.5) is 5.69 Å². The fourth-order valence-corrected chi connectivity index (χ4v) is 3.30. The maximum absolute atomic E-state index is 12.3. The van der Waals surface area contributed by atoms with Crippen LogP contribution in [0, 0.1) is 13.8 Å². The zero-order valence-corrected chi connectivity index (χ0v) is 16.1. The highest BCUT2D eigenvalue weighted by Gasteiger charge is 2.10. The molecule has 0 radical (unpaired) electrons. The van der Waals surface area contributed by atoms with Gasteiger partial charge in [-0.1, -0.05) is 59.8 Å². The lowest BCUT2D eigenvalue weighted by atomic mass is 10.1. The van der Waals surface area contributed by atoms with Gasteiger partial charge in [-0.15, -0.1) is 0 Å². The van der Waals surface area contributed by atoms with Gasteiger partial charge >= 0.3 is 0 Å². The van der Waals surface area contributed by atoms with Gasteiger partial charge < -0.3 is 5.32 Å². The monoisotopic (exact) mass is 383 g/mol. The van der Waals surface area contributed by atoms with Crippen LogP contribution >= 0.6 is 23.4 Å². The molecule has 26 heavy (non-hydrogen) atoms. The molecule has 0 aliphatic rings. The SMILES string of the molecule is Cc1cc(-c2ccccc2)nc(SCC(=O)Nc2cccc(Cl)c2C)n1. The summed E-state index contributed by atoms with van der Waals surface area (Å²) in [5.74, 6) is 0.107. The topological polar surface area (TPSA) is 54.9 Å². The van der Waals surface area contributed by atoms with E-state index in [0.29, 0.717) is 10.2 Å². The van der Waals surface area contributed by atoms with Crippen molar-refractivity contribution in [1.29, 1.82) is 0 Å². The Kier molecular flexibility index (Phi) is 5.91. The lowest BCUT2D eigenvalue weighted by Crippen LogP contribution is -2.15. The van der Waals surface area contributed by atoms with Crippen molar-refractivity contribution >= 4 is 35.0 Å². The standard InChI is InChI=1S/C20H18ClN3OS/c1-13-11-18(15-7-4-3-5-8-15)24-20(22-13)26-12-19(25)23-17-10-6-9-16(21)14(17)2/h3-11H,12H2,1-2H3,(H,23,25). The van der Waals surface area contributed by atoms with E-state index < -0.39 is 0 Å². The predicted octanol–water partition coefficient (Wildman–Crippen LogP) is 5.14. The smallest absolute Gasteiger partial charge is 0.234 e. The van der Waals surface area contributed by atoms with Gasteiger partial charge in [0.25, 0.3) is 0 Å². The van der Waals surface area contributed by atoms with E-state index >= 15 is 0 Å². The molecule has 0 bridgehead atoms. The van der Waals surface area contributed by atoms with Crippen molar-refractivity contribution < 1.29 is 4.79 Å². The molecule has 3 aromatic rings. The molecular formula is C20H18ClN3OS.